The predicted octanol–water partition coefficient (Wildman–Crippen LogP) is 5.68. The molecular weight excluding hydrogens is 600 g/mol. The average Bonchev–Trinajstić information content (AvgIpc) is 2.95. The topological polar surface area (TPSA) is 177 Å². The molecule has 2 atom stereocenters. The molecule has 45 heavy (non-hydrogen) atoms. The van der Waals surface area contributed by atoms with Gasteiger partial charge in [-0.3, -0.25) is 19.2 Å². The Hall–Kier alpha value is -3.58. The van der Waals surface area contributed by atoms with Crippen LogP contribution in [0.2, 0.25) is 18.1 Å². The van der Waals surface area contributed by atoms with Crippen molar-refractivity contribution in [1.29, 1.82) is 0 Å². The summed E-state index contributed by atoms with van der Waals surface area (Å²) in [5, 5.41) is 38.3. The molecule has 0 aliphatic rings. The van der Waals surface area contributed by atoms with E-state index in [4.69, 9.17) is 13.9 Å². The number of ether oxygens (including phenoxy) is 2. The zero-order chi connectivity index (χ0) is 33.8. The second kappa shape index (κ2) is 17.2. The summed E-state index contributed by atoms with van der Waals surface area (Å²) in [4.78, 5) is 47.4. The Labute approximate surface area is 265 Å². The Morgan fingerprint density at radius 2 is 0.933 bits per heavy atom. The molecule has 2 aromatic rings. The number of benzene rings is 2. The second-order valence-corrected chi connectivity index (χ2v) is 17.5. The summed E-state index contributed by atoms with van der Waals surface area (Å²) in [7, 11) is -2.52. The first kappa shape index (κ1) is 37.6. The number of carboxylic acid groups (broad SMARTS) is 4. The molecule has 0 fully saturated rings. The molecule has 0 bridgehead atoms. The maximum absolute atomic E-state index is 11.9. The molecule has 0 amide bonds. The number of hydrogen-bond acceptors (Lipinski definition) is 7. The molecule has 0 aliphatic heterocycles. The summed E-state index contributed by atoms with van der Waals surface area (Å²) < 4.78 is 19.0. The molecule has 12 heteroatoms. The largest absolute Gasteiger partial charge is 0.481 e. The highest BCUT2D eigenvalue weighted by Crippen LogP contribution is 2.39. The predicted molar refractivity (Wildman–Crippen MR) is 168 cm³/mol. The smallest absolute Gasteiger partial charge is 0.317 e. The molecule has 0 unspecified atom stereocenters. The van der Waals surface area contributed by atoms with E-state index >= 15 is 0 Å². The highest BCUT2D eigenvalue weighted by molar-refractivity contribution is 6.74. The highest BCUT2D eigenvalue weighted by atomic mass is 28.4. The molecular formula is C33H46O11Si. The van der Waals surface area contributed by atoms with Gasteiger partial charge < -0.3 is 34.3 Å². The van der Waals surface area contributed by atoms with Gasteiger partial charge in [-0.05, 0) is 54.9 Å². The van der Waals surface area contributed by atoms with Crippen LogP contribution in [-0.4, -0.2) is 70.9 Å². The van der Waals surface area contributed by atoms with E-state index in [2.05, 4.69) is 0 Å². The van der Waals surface area contributed by atoms with Crippen molar-refractivity contribution in [2.75, 3.05) is 0 Å². The van der Waals surface area contributed by atoms with Gasteiger partial charge in [-0.1, -0.05) is 81.4 Å². The van der Waals surface area contributed by atoms with Crippen LogP contribution < -0.4 is 0 Å². The normalized spacial score (nSPS) is 13.6. The van der Waals surface area contributed by atoms with Crippen molar-refractivity contribution in [3.05, 3.63) is 71.8 Å². The second-order valence-electron chi connectivity index (χ2n) is 12.7. The summed E-state index contributed by atoms with van der Waals surface area (Å²) in [6.45, 7) is 10.4. The Kier molecular flexibility index (Phi) is 14.4. The summed E-state index contributed by atoms with van der Waals surface area (Å²) in [5.74, 6) is -9.43. The van der Waals surface area contributed by atoms with E-state index in [9.17, 15) is 39.6 Å². The van der Waals surface area contributed by atoms with Crippen LogP contribution in [0.15, 0.2) is 60.7 Å². The summed E-state index contributed by atoms with van der Waals surface area (Å²) in [6, 6.07) is 18.3. The molecule has 4 N–H and O–H groups in total. The van der Waals surface area contributed by atoms with Crippen LogP contribution >= 0.6 is 0 Å². The van der Waals surface area contributed by atoms with Gasteiger partial charge in [0.2, 0.25) is 0 Å². The minimum absolute atomic E-state index is 0.0758. The molecule has 2 aromatic carbocycles. The molecule has 0 spiro atoms. The number of carbonyl (C=O) groups is 4. The van der Waals surface area contributed by atoms with Crippen LogP contribution in [-0.2, 0) is 46.3 Å². The lowest BCUT2D eigenvalue weighted by Gasteiger charge is -2.41. The van der Waals surface area contributed by atoms with Gasteiger partial charge in [0, 0.05) is 6.10 Å². The van der Waals surface area contributed by atoms with Crippen LogP contribution in [0.5, 0.6) is 0 Å². The molecule has 0 saturated heterocycles. The van der Waals surface area contributed by atoms with Gasteiger partial charge in [0.1, 0.15) is 0 Å². The van der Waals surface area contributed by atoms with Gasteiger partial charge >= 0.3 is 23.9 Å². The first-order chi connectivity index (χ1) is 21.0. The summed E-state index contributed by atoms with van der Waals surface area (Å²) in [6.07, 6.45) is -2.96. The summed E-state index contributed by atoms with van der Waals surface area (Å²) >= 11 is 0. The van der Waals surface area contributed by atoms with Crippen LogP contribution in [0.1, 0.15) is 57.6 Å². The van der Waals surface area contributed by atoms with Gasteiger partial charge in [-0.25, -0.2) is 0 Å². The molecule has 248 valence electrons. The quantitative estimate of drug-likeness (QED) is 0.103. The van der Waals surface area contributed by atoms with Crippen molar-refractivity contribution < 1.29 is 53.5 Å². The Morgan fingerprint density at radius 3 is 1.22 bits per heavy atom. The molecule has 0 aromatic heterocycles. The van der Waals surface area contributed by atoms with E-state index in [0.717, 1.165) is 11.1 Å². The maximum atomic E-state index is 11.9. The monoisotopic (exact) mass is 646 g/mol. The number of aliphatic carboxylic acids is 4. The Balaban J connectivity index is 2.47. The standard InChI is InChI=1S/C33H46O11Si/c1-33(2,3)45(4,5)44-26(16-24(18-27(29(34)35)30(36)37)42-20-22-12-8-6-9-13-22)17-25(19-28(31(38)39)32(40)41)43-21-23-14-10-7-11-15-23/h6-15,24-28H,16-21H2,1-5H3,(H,34,35)(H,36,37)(H,38,39)(H,40,41)/t24-,25-/m0/s1. The van der Waals surface area contributed by atoms with Gasteiger partial charge in [-0.2, -0.15) is 0 Å². The van der Waals surface area contributed by atoms with E-state index in [1.807, 2.05) is 94.5 Å². The van der Waals surface area contributed by atoms with Gasteiger partial charge in [-0.15, -0.1) is 0 Å². The fourth-order valence-corrected chi connectivity index (χ4v) is 5.93. The SMILES string of the molecule is CC(C)(C)[Si](C)(C)OC(C[C@@H](CC(C(=O)O)C(=O)O)OCc1ccccc1)C[C@@H](CC(C(=O)O)C(=O)O)OCc1ccccc1. The van der Waals surface area contributed by atoms with Gasteiger partial charge in [0.05, 0.1) is 25.4 Å². The highest BCUT2D eigenvalue weighted by Gasteiger charge is 2.41. The lowest BCUT2D eigenvalue weighted by atomic mass is 9.93. The zero-order valence-electron chi connectivity index (χ0n) is 26.5. The van der Waals surface area contributed by atoms with Crippen molar-refractivity contribution in [3.63, 3.8) is 0 Å². The fourth-order valence-electron chi connectivity index (χ4n) is 4.55. The molecule has 0 radical (unpaired) electrons. The minimum Gasteiger partial charge on any atom is -0.481 e. The number of hydrogen-bond donors (Lipinski definition) is 4. The van der Waals surface area contributed by atoms with E-state index < -0.39 is 62.3 Å². The van der Waals surface area contributed by atoms with E-state index in [1.165, 1.54) is 0 Å². The Bertz CT molecular complexity index is 1130. The molecule has 11 nitrogen and oxygen atoms in total. The minimum atomic E-state index is -2.52. The van der Waals surface area contributed by atoms with E-state index in [0.29, 0.717) is 0 Å². The van der Waals surface area contributed by atoms with Crippen LogP contribution in [0.4, 0.5) is 0 Å². The van der Waals surface area contributed by atoms with Crippen molar-refractivity contribution in [1.82, 2.24) is 0 Å². The van der Waals surface area contributed by atoms with Crippen molar-refractivity contribution in [2.45, 2.75) is 96.1 Å². The summed E-state index contributed by atoms with van der Waals surface area (Å²) in [5.41, 5.74) is 1.61. The van der Waals surface area contributed by atoms with E-state index in [-0.39, 0.29) is 43.9 Å². The third kappa shape index (κ3) is 12.7. The maximum Gasteiger partial charge on any atom is 0.317 e. The Morgan fingerprint density at radius 1 is 0.600 bits per heavy atom. The van der Waals surface area contributed by atoms with Crippen molar-refractivity contribution >= 4 is 32.2 Å². The number of rotatable bonds is 20. The first-order valence-electron chi connectivity index (χ1n) is 14.9. The lowest BCUT2D eigenvalue weighted by molar-refractivity contribution is -0.158. The molecule has 2 rings (SSSR count). The average molecular weight is 647 g/mol. The van der Waals surface area contributed by atoms with Crippen LogP contribution in [0.25, 0.3) is 0 Å². The molecule has 0 heterocycles. The number of carboxylic acids is 4. The third-order valence-electron chi connectivity index (χ3n) is 8.17. The van der Waals surface area contributed by atoms with Gasteiger partial charge in [0.25, 0.3) is 0 Å². The van der Waals surface area contributed by atoms with Gasteiger partial charge in [0.15, 0.2) is 20.2 Å². The lowest BCUT2D eigenvalue weighted by Crippen LogP contribution is -2.46. The van der Waals surface area contributed by atoms with E-state index in [1.54, 1.807) is 0 Å². The van der Waals surface area contributed by atoms with Crippen molar-refractivity contribution in [2.24, 2.45) is 11.8 Å². The van der Waals surface area contributed by atoms with Crippen LogP contribution in [0.3, 0.4) is 0 Å². The third-order valence-corrected chi connectivity index (χ3v) is 12.7. The van der Waals surface area contributed by atoms with Crippen molar-refractivity contribution in [3.8, 4) is 0 Å². The first-order valence-corrected chi connectivity index (χ1v) is 17.8. The molecule has 0 aliphatic carbocycles. The van der Waals surface area contributed by atoms with Crippen LogP contribution in [0, 0.1) is 11.8 Å². The zero-order valence-corrected chi connectivity index (χ0v) is 27.5. The fraction of sp³-hybridized carbons (Fsp3) is 0.515. The molecule has 0 saturated carbocycles.